The third-order valence-electron chi connectivity index (χ3n) is 9.97. The van der Waals surface area contributed by atoms with Crippen LogP contribution in [-0.4, -0.2) is 14.5 Å². The number of fused-ring (bicyclic) bond motifs is 9. The average Bonchev–Trinajstić information content (AvgIpc) is 3.72. The zero-order valence-corrected chi connectivity index (χ0v) is 26.8. The molecule has 10 rings (SSSR count). The molecule has 0 saturated carbocycles. The van der Waals surface area contributed by atoms with E-state index in [-0.39, 0.29) is 5.41 Å². The van der Waals surface area contributed by atoms with Gasteiger partial charge < -0.3 is 4.57 Å². The number of nitrogens with zero attached hydrogens (tertiary/aromatic N) is 3. The predicted molar refractivity (Wildman–Crippen MR) is 198 cm³/mol. The van der Waals surface area contributed by atoms with Gasteiger partial charge in [0.15, 0.2) is 5.82 Å². The molecule has 0 amide bonds. The van der Waals surface area contributed by atoms with E-state index in [0.29, 0.717) is 0 Å². The molecule has 0 bridgehead atoms. The molecule has 0 unspecified atom stereocenters. The Labute approximate surface area is 276 Å². The number of aromatic nitrogens is 3. The summed E-state index contributed by atoms with van der Waals surface area (Å²) in [7, 11) is 0. The lowest BCUT2D eigenvalue weighted by atomic mass is 9.81. The van der Waals surface area contributed by atoms with Crippen LogP contribution in [0.5, 0.6) is 0 Å². The smallest absolute Gasteiger partial charge is 0.160 e. The summed E-state index contributed by atoms with van der Waals surface area (Å²) in [4.78, 5) is 10.7. The van der Waals surface area contributed by atoms with E-state index in [0.717, 1.165) is 34.0 Å². The normalized spacial score (nSPS) is 13.5. The predicted octanol–water partition coefficient (Wildman–Crippen LogP) is 11.6. The van der Waals surface area contributed by atoms with Crippen molar-refractivity contribution in [1.82, 2.24) is 14.5 Å². The van der Waals surface area contributed by atoms with Gasteiger partial charge in [0, 0.05) is 64.3 Å². The maximum Gasteiger partial charge on any atom is 0.160 e. The molecule has 0 atom stereocenters. The van der Waals surface area contributed by atoms with Crippen LogP contribution in [0, 0.1) is 0 Å². The zero-order chi connectivity index (χ0) is 31.3. The minimum absolute atomic E-state index is 0.210. The molecule has 47 heavy (non-hydrogen) atoms. The van der Waals surface area contributed by atoms with Crippen LogP contribution in [0.2, 0.25) is 0 Å². The highest BCUT2D eigenvalue weighted by Gasteiger charge is 2.39. The molecular formula is C43H29N3S. The van der Waals surface area contributed by atoms with Crippen LogP contribution in [0.15, 0.2) is 140 Å². The van der Waals surface area contributed by atoms with E-state index in [2.05, 4.69) is 158 Å². The van der Waals surface area contributed by atoms with Crippen LogP contribution in [0.3, 0.4) is 0 Å². The van der Waals surface area contributed by atoms with Crippen molar-refractivity contribution in [2.24, 2.45) is 0 Å². The van der Waals surface area contributed by atoms with Crippen LogP contribution in [0.4, 0.5) is 0 Å². The van der Waals surface area contributed by atoms with E-state index in [1.807, 2.05) is 11.3 Å². The highest BCUT2D eigenvalue weighted by atomic mass is 32.1. The molecular weight excluding hydrogens is 591 g/mol. The summed E-state index contributed by atoms with van der Waals surface area (Å²) < 4.78 is 5.03. The summed E-state index contributed by atoms with van der Waals surface area (Å²) in [6.45, 7) is 4.59. The van der Waals surface area contributed by atoms with Gasteiger partial charge in [0.05, 0.1) is 22.4 Å². The minimum atomic E-state index is -0.210. The Morgan fingerprint density at radius 1 is 0.532 bits per heavy atom. The maximum absolute atomic E-state index is 5.36. The molecule has 222 valence electrons. The standard InChI is InChI=1S/C43H29N3S/c1-43(2)34-20-9-6-19-31(34)41-39(43)40(26-13-4-3-5-14-26)44-42(45-41)27-15-12-16-28(23-27)46-35-21-10-7-17-29(35)32-24-33-30-18-8-11-22-37(30)47-38(33)25-36(32)46/h3-25H,1-2H3. The second-order valence-electron chi connectivity index (χ2n) is 13.0. The quantitative estimate of drug-likeness (QED) is 0.197. The molecule has 4 heteroatoms. The second kappa shape index (κ2) is 9.71. The molecule has 0 N–H and O–H groups in total. The van der Waals surface area contributed by atoms with Crippen LogP contribution >= 0.6 is 11.3 Å². The molecule has 9 aromatic rings. The van der Waals surface area contributed by atoms with Crippen LogP contribution in [0.1, 0.15) is 25.0 Å². The first kappa shape index (κ1) is 26.6. The van der Waals surface area contributed by atoms with E-state index in [9.17, 15) is 0 Å². The fraction of sp³-hybridized carbons (Fsp3) is 0.0698. The van der Waals surface area contributed by atoms with Crippen molar-refractivity contribution < 1.29 is 0 Å². The number of hydrogen-bond acceptors (Lipinski definition) is 3. The molecule has 0 spiro atoms. The molecule has 0 saturated heterocycles. The van der Waals surface area contributed by atoms with Crippen molar-refractivity contribution in [1.29, 1.82) is 0 Å². The van der Waals surface area contributed by atoms with Crippen molar-refractivity contribution in [3.63, 3.8) is 0 Å². The number of hydrogen-bond donors (Lipinski definition) is 0. The highest BCUT2D eigenvalue weighted by molar-refractivity contribution is 7.25. The Bertz CT molecular complexity index is 2710. The third-order valence-corrected chi connectivity index (χ3v) is 11.1. The summed E-state index contributed by atoms with van der Waals surface area (Å²) in [6.07, 6.45) is 0. The van der Waals surface area contributed by atoms with Gasteiger partial charge >= 0.3 is 0 Å². The lowest BCUT2D eigenvalue weighted by Gasteiger charge is -2.23. The minimum Gasteiger partial charge on any atom is -0.309 e. The van der Waals surface area contributed by atoms with Crippen LogP contribution < -0.4 is 0 Å². The number of benzene rings is 6. The van der Waals surface area contributed by atoms with Gasteiger partial charge in [-0.05, 0) is 42.0 Å². The fourth-order valence-electron chi connectivity index (χ4n) is 7.80. The first-order valence-corrected chi connectivity index (χ1v) is 16.9. The van der Waals surface area contributed by atoms with Crippen molar-refractivity contribution in [2.45, 2.75) is 19.3 Å². The zero-order valence-electron chi connectivity index (χ0n) is 26.0. The summed E-state index contributed by atoms with van der Waals surface area (Å²) in [6, 6.07) is 50.2. The topological polar surface area (TPSA) is 30.7 Å². The Morgan fingerprint density at radius 2 is 1.26 bits per heavy atom. The molecule has 0 fully saturated rings. The monoisotopic (exact) mass is 619 g/mol. The largest absolute Gasteiger partial charge is 0.309 e. The van der Waals surface area contributed by atoms with E-state index in [1.165, 1.54) is 58.7 Å². The molecule has 0 aliphatic heterocycles. The Balaban J connectivity index is 1.22. The molecule has 3 aromatic heterocycles. The summed E-state index contributed by atoms with van der Waals surface area (Å²) in [5.41, 5.74) is 11.1. The number of para-hydroxylation sites is 1. The van der Waals surface area contributed by atoms with Crippen molar-refractivity contribution in [2.75, 3.05) is 0 Å². The van der Waals surface area contributed by atoms with Gasteiger partial charge in [-0.25, -0.2) is 9.97 Å². The lowest BCUT2D eigenvalue weighted by Crippen LogP contribution is -2.17. The SMILES string of the molecule is CC1(C)c2ccccc2-c2nc(-c3cccc(-n4c5ccccc5c5cc6c(cc54)sc4ccccc46)c3)nc(-c3ccccc3)c21. The lowest BCUT2D eigenvalue weighted by molar-refractivity contribution is 0.658. The van der Waals surface area contributed by atoms with Gasteiger partial charge in [-0.3, -0.25) is 0 Å². The van der Waals surface area contributed by atoms with Gasteiger partial charge in [-0.1, -0.05) is 117 Å². The Kier molecular flexibility index (Phi) is 5.50. The van der Waals surface area contributed by atoms with Gasteiger partial charge in [0.1, 0.15) is 0 Å². The molecule has 0 radical (unpaired) electrons. The summed E-state index contributed by atoms with van der Waals surface area (Å²) in [5, 5.41) is 5.16. The van der Waals surface area contributed by atoms with Gasteiger partial charge in [0.25, 0.3) is 0 Å². The first-order valence-electron chi connectivity index (χ1n) is 16.1. The second-order valence-corrected chi connectivity index (χ2v) is 14.1. The average molecular weight is 620 g/mol. The fourth-order valence-corrected chi connectivity index (χ4v) is 8.92. The van der Waals surface area contributed by atoms with Gasteiger partial charge in [-0.2, -0.15) is 0 Å². The van der Waals surface area contributed by atoms with E-state index < -0.39 is 0 Å². The first-order chi connectivity index (χ1) is 23.1. The van der Waals surface area contributed by atoms with Crippen LogP contribution in [0.25, 0.3) is 81.6 Å². The molecule has 1 aliphatic carbocycles. The molecule has 3 heterocycles. The maximum atomic E-state index is 5.36. The van der Waals surface area contributed by atoms with E-state index >= 15 is 0 Å². The summed E-state index contributed by atoms with van der Waals surface area (Å²) in [5.74, 6) is 0.740. The molecule has 3 nitrogen and oxygen atoms in total. The van der Waals surface area contributed by atoms with Crippen molar-refractivity contribution in [3.8, 4) is 39.6 Å². The number of rotatable bonds is 3. The van der Waals surface area contributed by atoms with Gasteiger partial charge in [-0.15, -0.1) is 11.3 Å². The Hall–Kier alpha value is -5.58. The summed E-state index contributed by atoms with van der Waals surface area (Å²) >= 11 is 1.86. The Morgan fingerprint density at radius 3 is 2.15 bits per heavy atom. The highest BCUT2D eigenvalue weighted by Crippen LogP contribution is 2.51. The van der Waals surface area contributed by atoms with Gasteiger partial charge in [0.2, 0.25) is 0 Å². The third kappa shape index (κ3) is 3.79. The van der Waals surface area contributed by atoms with Crippen LogP contribution in [-0.2, 0) is 5.41 Å². The van der Waals surface area contributed by atoms with E-state index in [4.69, 9.17) is 9.97 Å². The van der Waals surface area contributed by atoms with Crippen molar-refractivity contribution in [3.05, 3.63) is 151 Å². The molecule has 1 aliphatic rings. The van der Waals surface area contributed by atoms with Crippen molar-refractivity contribution >= 4 is 53.3 Å². The number of thiophene rings is 1. The molecule has 6 aromatic carbocycles. The van der Waals surface area contributed by atoms with E-state index in [1.54, 1.807) is 0 Å².